The summed E-state index contributed by atoms with van der Waals surface area (Å²) in [6.45, 7) is 2.81. The van der Waals surface area contributed by atoms with Crippen molar-refractivity contribution >= 4 is 27.4 Å². The number of nitrogens with one attached hydrogen (secondary N) is 1. The van der Waals surface area contributed by atoms with Gasteiger partial charge in [-0.15, -0.1) is 0 Å². The van der Waals surface area contributed by atoms with E-state index in [9.17, 15) is 0 Å². The minimum atomic E-state index is 0.784. The zero-order valence-electron chi connectivity index (χ0n) is 10.3. The van der Waals surface area contributed by atoms with E-state index in [2.05, 4.69) is 20.9 Å². The van der Waals surface area contributed by atoms with Crippen LogP contribution < -0.4 is 5.32 Å². The molecule has 3 rings (SSSR count). The van der Waals surface area contributed by atoms with Gasteiger partial charge in [-0.3, -0.25) is 4.68 Å². The summed E-state index contributed by atoms with van der Waals surface area (Å²) in [6.07, 6.45) is 2.05. The topological polar surface area (TPSA) is 42.7 Å². The van der Waals surface area contributed by atoms with Crippen LogP contribution in [0.1, 0.15) is 11.3 Å². The highest BCUT2D eigenvalue weighted by Gasteiger charge is 2.07. The first-order chi connectivity index (χ1) is 8.74. The molecule has 92 valence electrons. The first-order valence-electron chi connectivity index (χ1n) is 5.81. The second-order valence-corrected chi connectivity index (χ2v) is 5.07. The molecule has 1 N–H and O–H groups in total. The van der Waals surface area contributed by atoms with E-state index in [-0.39, 0.29) is 0 Å². The second kappa shape index (κ2) is 4.42. The molecule has 0 bridgehead atoms. The quantitative estimate of drug-likeness (QED) is 0.785. The molecule has 0 saturated heterocycles. The Hall–Kier alpha value is -1.88. The summed E-state index contributed by atoms with van der Waals surface area (Å²) < 4.78 is 6.26. The molecule has 0 amide bonds. The van der Waals surface area contributed by atoms with Crippen molar-refractivity contribution in [2.45, 2.75) is 13.5 Å². The van der Waals surface area contributed by atoms with Crippen molar-refractivity contribution in [3.05, 3.63) is 41.7 Å². The van der Waals surface area contributed by atoms with E-state index in [1.807, 2.05) is 43.0 Å². The largest absolute Gasteiger partial charge is 0.371 e. The van der Waals surface area contributed by atoms with Crippen LogP contribution in [-0.4, -0.2) is 14.2 Å². The standard InChI is InChI=1S/C13H14N4S/c1-9-10(8-17(2)15-9)7-14-13-11-5-3-4-6-12(11)16-18-13/h3-6,8,14H,7H2,1-2H3. The van der Waals surface area contributed by atoms with E-state index in [1.165, 1.54) is 22.5 Å². The molecule has 4 nitrogen and oxygen atoms in total. The fourth-order valence-electron chi connectivity index (χ4n) is 2.01. The average molecular weight is 258 g/mol. The van der Waals surface area contributed by atoms with Crippen LogP contribution in [0.3, 0.4) is 0 Å². The first-order valence-corrected chi connectivity index (χ1v) is 6.59. The molecule has 0 saturated carbocycles. The normalized spacial score (nSPS) is 11.0. The predicted octanol–water partition coefficient (Wildman–Crippen LogP) is 2.95. The van der Waals surface area contributed by atoms with Crippen molar-refractivity contribution in [1.82, 2.24) is 14.2 Å². The highest BCUT2D eigenvalue weighted by atomic mass is 32.1. The number of hydrogen-bond acceptors (Lipinski definition) is 4. The number of aromatic nitrogens is 3. The van der Waals surface area contributed by atoms with Crippen LogP contribution >= 0.6 is 11.5 Å². The van der Waals surface area contributed by atoms with E-state index >= 15 is 0 Å². The third kappa shape index (κ3) is 1.97. The van der Waals surface area contributed by atoms with Crippen LogP contribution in [0, 0.1) is 6.92 Å². The van der Waals surface area contributed by atoms with Crippen LogP contribution in [-0.2, 0) is 13.6 Å². The Labute approximate surface area is 109 Å². The minimum Gasteiger partial charge on any atom is -0.371 e. The highest BCUT2D eigenvalue weighted by molar-refractivity contribution is 7.11. The number of fused-ring (bicyclic) bond motifs is 1. The zero-order chi connectivity index (χ0) is 12.5. The summed E-state index contributed by atoms with van der Waals surface area (Å²) in [6, 6.07) is 8.18. The van der Waals surface area contributed by atoms with Gasteiger partial charge in [-0.05, 0) is 30.6 Å². The molecule has 0 aliphatic carbocycles. The van der Waals surface area contributed by atoms with E-state index in [1.54, 1.807) is 0 Å². The first kappa shape index (κ1) is 11.2. The Kier molecular flexibility index (Phi) is 2.76. The van der Waals surface area contributed by atoms with Crippen molar-refractivity contribution in [2.24, 2.45) is 7.05 Å². The van der Waals surface area contributed by atoms with Gasteiger partial charge in [-0.1, -0.05) is 12.1 Å². The number of aryl methyl sites for hydroxylation is 2. The van der Waals surface area contributed by atoms with Gasteiger partial charge in [0.25, 0.3) is 0 Å². The Bertz CT molecular complexity index is 683. The predicted molar refractivity (Wildman–Crippen MR) is 74.9 cm³/mol. The molecule has 5 heteroatoms. The molecule has 2 aromatic heterocycles. The molecule has 0 fully saturated rings. The number of rotatable bonds is 3. The minimum absolute atomic E-state index is 0.784. The Morgan fingerprint density at radius 3 is 2.94 bits per heavy atom. The van der Waals surface area contributed by atoms with E-state index in [4.69, 9.17) is 0 Å². The van der Waals surface area contributed by atoms with Crippen molar-refractivity contribution in [3.63, 3.8) is 0 Å². The van der Waals surface area contributed by atoms with E-state index < -0.39 is 0 Å². The van der Waals surface area contributed by atoms with Crippen LogP contribution in [0.5, 0.6) is 0 Å². The molecule has 2 heterocycles. The van der Waals surface area contributed by atoms with Gasteiger partial charge in [-0.2, -0.15) is 9.47 Å². The Morgan fingerprint density at radius 2 is 2.17 bits per heavy atom. The average Bonchev–Trinajstić information content (AvgIpc) is 2.90. The van der Waals surface area contributed by atoms with Crippen molar-refractivity contribution in [3.8, 4) is 0 Å². The summed E-state index contributed by atoms with van der Waals surface area (Å²) in [5, 5.41) is 10.1. The van der Waals surface area contributed by atoms with Crippen molar-refractivity contribution in [2.75, 3.05) is 5.32 Å². The smallest absolute Gasteiger partial charge is 0.117 e. The van der Waals surface area contributed by atoms with E-state index in [0.717, 1.165) is 22.8 Å². The maximum atomic E-state index is 4.42. The highest BCUT2D eigenvalue weighted by Crippen LogP contribution is 2.27. The van der Waals surface area contributed by atoms with Crippen LogP contribution in [0.25, 0.3) is 10.9 Å². The van der Waals surface area contributed by atoms with Gasteiger partial charge in [0.05, 0.1) is 11.2 Å². The Morgan fingerprint density at radius 1 is 1.33 bits per heavy atom. The van der Waals surface area contributed by atoms with Gasteiger partial charge in [0.15, 0.2) is 0 Å². The lowest BCUT2D eigenvalue weighted by Gasteiger charge is -2.02. The van der Waals surface area contributed by atoms with Gasteiger partial charge >= 0.3 is 0 Å². The lowest BCUT2D eigenvalue weighted by Crippen LogP contribution is -1.98. The third-order valence-electron chi connectivity index (χ3n) is 2.94. The molecule has 18 heavy (non-hydrogen) atoms. The molecule has 0 spiro atoms. The molecular weight excluding hydrogens is 244 g/mol. The maximum Gasteiger partial charge on any atom is 0.117 e. The van der Waals surface area contributed by atoms with Gasteiger partial charge in [0.1, 0.15) is 5.00 Å². The van der Waals surface area contributed by atoms with E-state index in [0.29, 0.717) is 0 Å². The molecular formula is C13H14N4S. The van der Waals surface area contributed by atoms with Gasteiger partial charge in [-0.25, -0.2) is 0 Å². The molecule has 0 radical (unpaired) electrons. The maximum absolute atomic E-state index is 4.42. The van der Waals surface area contributed by atoms with Crippen molar-refractivity contribution < 1.29 is 0 Å². The second-order valence-electron chi connectivity index (χ2n) is 4.30. The molecule has 1 aromatic carbocycles. The summed E-state index contributed by atoms with van der Waals surface area (Å²) in [5.74, 6) is 0. The van der Waals surface area contributed by atoms with Gasteiger partial charge < -0.3 is 5.32 Å². The molecule has 0 aliphatic rings. The van der Waals surface area contributed by atoms with Crippen LogP contribution in [0.2, 0.25) is 0 Å². The number of benzene rings is 1. The lowest BCUT2D eigenvalue weighted by molar-refractivity contribution is 0.756. The van der Waals surface area contributed by atoms with Crippen LogP contribution in [0.15, 0.2) is 30.5 Å². The fourth-order valence-corrected chi connectivity index (χ4v) is 2.77. The zero-order valence-corrected chi connectivity index (χ0v) is 11.2. The summed E-state index contributed by atoms with van der Waals surface area (Å²) >= 11 is 1.51. The molecule has 0 atom stereocenters. The SMILES string of the molecule is Cc1nn(C)cc1CNc1snc2ccccc12. The third-order valence-corrected chi connectivity index (χ3v) is 3.77. The summed E-state index contributed by atoms with van der Waals surface area (Å²) in [7, 11) is 1.94. The van der Waals surface area contributed by atoms with Gasteiger partial charge in [0.2, 0.25) is 0 Å². The number of nitrogens with zero attached hydrogens (tertiary/aromatic N) is 3. The molecule has 0 unspecified atom stereocenters. The number of anilines is 1. The fraction of sp³-hybridized carbons (Fsp3) is 0.231. The lowest BCUT2D eigenvalue weighted by atomic mass is 10.2. The van der Waals surface area contributed by atoms with Crippen LogP contribution in [0.4, 0.5) is 5.00 Å². The molecule has 3 aromatic rings. The summed E-state index contributed by atoms with van der Waals surface area (Å²) in [5.41, 5.74) is 3.33. The molecule has 0 aliphatic heterocycles. The van der Waals surface area contributed by atoms with Crippen molar-refractivity contribution in [1.29, 1.82) is 0 Å². The monoisotopic (exact) mass is 258 g/mol. The summed E-state index contributed by atoms with van der Waals surface area (Å²) in [4.78, 5) is 0. The van der Waals surface area contributed by atoms with Gasteiger partial charge in [0, 0.05) is 30.7 Å². The Balaban J connectivity index is 1.83. The number of hydrogen-bond donors (Lipinski definition) is 1.